The van der Waals surface area contributed by atoms with Crippen molar-refractivity contribution in [3.63, 3.8) is 0 Å². The van der Waals surface area contributed by atoms with E-state index in [9.17, 15) is 0 Å². The number of rotatable bonds is 2. The van der Waals surface area contributed by atoms with Crippen LogP contribution in [0.5, 0.6) is 0 Å². The second kappa shape index (κ2) is 3.85. The molecule has 0 saturated heterocycles. The number of aryl methyl sites for hydroxylation is 2. The quantitative estimate of drug-likeness (QED) is 0.829. The lowest BCUT2D eigenvalue weighted by Gasteiger charge is -2.08. The van der Waals surface area contributed by atoms with Gasteiger partial charge in [0.1, 0.15) is 0 Å². The molecule has 3 heteroatoms. The predicted octanol–water partition coefficient (Wildman–Crippen LogP) is 3.47. The van der Waals surface area contributed by atoms with Crippen LogP contribution in [0.1, 0.15) is 26.9 Å². The SMILES string of the molecule is Cc1cc(C(N)c2ccsc2)c(C)s1. The molecule has 2 aromatic heterocycles. The van der Waals surface area contributed by atoms with E-state index in [1.165, 1.54) is 20.9 Å². The molecule has 0 aliphatic heterocycles. The molecule has 2 heterocycles. The van der Waals surface area contributed by atoms with E-state index < -0.39 is 0 Å². The maximum absolute atomic E-state index is 6.19. The second-order valence-electron chi connectivity index (χ2n) is 3.40. The highest BCUT2D eigenvalue weighted by Gasteiger charge is 2.13. The van der Waals surface area contributed by atoms with Crippen LogP contribution in [0.15, 0.2) is 22.9 Å². The van der Waals surface area contributed by atoms with Crippen LogP contribution in [0.4, 0.5) is 0 Å². The first-order valence-corrected chi connectivity index (χ1v) is 6.29. The first-order chi connectivity index (χ1) is 6.68. The zero-order valence-electron chi connectivity index (χ0n) is 8.28. The van der Waals surface area contributed by atoms with Crippen LogP contribution in [-0.2, 0) is 0 Å². The molecule has 1 nitrogen and oxygen atoms in total. The lowest BCUT2D eigenvalue weighted by molar-refractivity contribution is 0.874. The van der Waals surface area contributed by atoms with Gasteiger partial charge in [-0.25, -0.2) is 0 Å². The van der Waals surface area contributed by atoms with E-state index in [1.807, 2.05) is 11.3 Å². The number of nitrogens with two attached hydrogens (primary N) is 1. The Morgan fingerprint density at radius 2 is 2.14 bits per heavy atom. The van der Waals surface area contributed by atoms with Gasteiger partial charge in [0.15, 0.2) is 0 Å². The van der Waals surface area contributed by atoms with E-state index >= 15 is 0 Å². The topological polar surface area (TPSA) is 26.0 Å². The van der Waals surface area contributed by atoms with Gasteiger partial charge in [-0.05, 0) is 47.9 Å². The summed E-state index contributed by atoms with van der Waals surface area (Å²) < 4.78 is 0. The highest BCUT2D eigenvalue weighted by molar-refractivity contribution is 7.12. The summed E-state index contributed by atoms with van der Waals surface area (Å²) in [7, 11) is 0. The van der Waals surface area contributed by atoms with Gasteiger partial charge in [0.25, 0.3) is 0 Å². The Morgan fingerprint density at radius 3 is 2.64 bits per heavy atom. The van der Waals surface area contributed by atoms with Crippen LogP contribution in [0.2, 0.25) is 0 Å². The molecule has 2 rings (SSSR count). The number of hydrogen-bond donors (Lipinski definition) is 1. The van der Waals surface area contributed by atoms with Crippen LogP contribution in [0.25, 0.3) is 0 Å². The maximum atomic E-state index is 6.19. The van der Waals surface area contributed by atoms with E-state index in [-0.39, 0.29) is 6.04 Å². The summed E-state index contributed by atoms with van der Waals surface area (Å²) in [6, 6.07) is 4.34. The van der Waals surface area contributed by atoms with Crippen molar-refractivity contribution in [2.75, 3.05) is 0 Å². The van der Waals surface area contributed by atoms with Crippen LogP contribution < -0.4 is 5.73 Å². The van der Waals surface area contributed by atoms with Gasteiger partial charge in [0.05, 0.1) is 6.04 Å². The largest absolute Gasteiger partial charge is 0.320 e. The Labute approximate surface area is 92.2 Å². The number of thiophene rings is 2. The van der Waals surface area contributed by atoms with Crippen molar-refractivity contribution in [2.45, 2.75) is 19.9 Å². The Bertz CT molecular complexity index is 414. The Morgan fingerprint density at radius 1 is 1.36 bits per heavy atom. The summed E-state index contributed by atoms with van der Waals surface area (Å²) in [6.07, 6.45) is 0. The predicted molar refractivity (Wildman–Crippen MR) is 64.1 cm³/mol. The monoisotopic (exact) mass is 223 g/mol. The van der Waals surface area contributed by atoms with Gasteiger partial charge in [0.2, 0.25) is 0 Å². The minimum atomic E-state index is 0.0474. The maximum Gasteiger partial charge on any atom is 0.0570 e. The fourth-order valence-corrected chi connectivity index (χ4v) is 3.26. The summed E-state index contributed by atoms with van der Waals surface area (Å²) in [5.41, 5.74) is 8.68. The second-order valence-corrected chi connectivity index (χ2v) is 5.64. The minimum Gasteiger partial charge on any atom is -0.320 e. The highest BCUT2D eigenvalue weighted by atomic mass is 32.1. The van der Waals surface area contributed by atoms with Crippen molar-refractivity contribution in [3.05, 3.63) is 43.8 Å². The van der Waals surface area contributed by atoms with Crippen LogP contribution >= 0.6 is 22.7 Å². The van der Waals surface area contributed by atoms with E-state index in [1.54, 1.807) is 11.3 Å². The average Bonchev–Trinajstić information content (AvgIpc) is 2.73. The van der Waals surface area contributed by atoms with Crippen molar-refractivity contribution < 1.29 is 0 Å². The molecule has 0 aromatic carbocycles. The smallest absolute Gasteiger partial charge is 0.0570 e. The molecule has 0 spiro atoms. The zero-order valence-corrected chi connectivity index (χ0v) is 9.91. The highest BCUT2D eigenvalue weighted by Crippen LogP contribution is 2.29. The molecular weight excluding hydrogens is 210 g/mol. The summed E-state index contributed by atoms with van der Waals surface area (Å²) in [4.78, 5) is 2.67. The van der Waals surface area contributed by atoms with Crippen molar-refractivity contribution >= 4 is 22.7 Å². The van der Waals surface area contributed by atoms with Gasteiger partial charge >= 0.3 is 0 Å². The minimum absolute atomic E-state index is 0.0474. The first-order valence-electron chi connectivity index (χ1n) is 4.53. The van der Waals surface area contributed by atoms with Gasteiger partial charge in [-0.2, -0.15) is 11.3 Å². The van der Waals surface area contributed by atoms with E-state index in [0.29, 0.717) is 0 Å². The molecule has 0 radical (unpaired) electrons. The summed E-state index contributed by atoms with van der Waals surface area (Å²) in [6.45, 7) is 4.26. The fourth-order valence-electron chi connectivity index (χ4n) is 1.59. The molecule has 0 aliphatic rings. The Balaban J connectivity index is 2.36. The zero-order chi connectivity index (χ0) is 10.1. The standard InChI is InChI=1S/C11H13NS2/c1-7-5-10(8(2)14-7)11(12)9-3-4-13-6-9/h3-6,11H,12H2,1-2H3. The molecular formula is C11H13NS2. The molecule has 1 unspecified atom stereocenters. The number of hydrogen-bond acceptors (Lipinski definition) is 3. The molecule has 0 saturated carbocycles. The van der Waals surface area contributed by atoms with Gasteiger partial charge < -0.3 is 5.73 Å². The van der Waals surface area contributed by atoms with Crippen LogP contribution in [0, 0.1) is 13.8 Å². The Hall–Kier alpha value is -0.640. The average molecular weight is 223 g/mol. The van der Waals surface area contributed by atoms with E-state index in [4.69, 9.17) is 5.73 Å². The van der Waals surface area contributed by atoms with Gasteiger partial charge in [-0.1, -0.05) is 0 Å². The van der Waals surface area contributed by atoms with Crippen molar-refractivity contribution in [3.8, 4) is 0 Å². The molecule has 0 bridgehead atoms. The van der Waals surface area contributed by atoms with Gasteiger partial charge in [-0.15, -0.1) is 11.3 Å². The molecule has 2 aromatic rings. The van der Waals surface area contributed by atoms with Crippen LogP contribution in [-0.4, -0.2) is 0 Å². The molecule has 0 fully saturated rings. The van der Waals surface area contributed by atoms with Crippen molar-refractivity contribution in [1.29, 1.82) is 0 Å². The van der Waals surface area contributed by atoms with Gasteiger partial charge in [-0.3, -0.25) is 0 Å². The van der Waals surface area contributed by atoms with E-state index in [2.05, 4.69) is 36.7 Å². The summed E-state index contributed by atoms with van der Waals surface area (Å²) in [5, 5.41) is 4.20. The molecule has 74 valence electrons. The Kier molecular flexibility index (Phi) is 2.72. The van der Waals surface area contributed by atoms with Gasteiger partial charge in [0, 0.05) is 9.75 Å². The molecule has 0 amide bonds. The molecule has 1 atom stereocenters. The normalized spacial score (nSPS) is 13.1. The third kappa shape index (κ3) is 1.75. The van der Waals surface area contributed by atoms with E-state index in [0.717, 1.165) is 0 Å². The van der Waals surface area contributed by atoms with Crippen LogP contribution in [0.3, 0.4) is 0 Å². The lowest BCUT2D eigenvalue weighted by Crippen LogP contribution is -2.10. The fraction of sp³-hybridized carbons (Fsp3) is 0.273. The molecule has 2 N–H and O–H groups in total. The van der Waals surface area contributed by atoms with Crippen molar-refractivity contribution in [2.24, 2.45) is 5.73 Å². The lowest BCUT2D eigenvalue weighted by atomic mass is 10.0. The third-order valence-corrected chi connectivity index (χ3v) is 4.00. The third-order valence-electron chi connectivity index (χ3n) is 2.32. The summed E-state index contributed by atoms with van der Waals surface area (Å²) >= 11 is 3.52. The van der Waals surface area contributed by atoms with Crippen molar-refractivity contribution in [1.82, 2.24) is 0 Å². The summed E-state index contributed by atoms with van der Waals surface area (Å²) in [5.74, 6) is 0. The first kappa shape index (κ1) is 9.90. The molecule has 0 aliphatic carbocycles. The molecule has 14 heavy (non-hydrogen) atoms.